The number of anilines is 1. The molecule has 1 aliphatic rings. The van der Waals surface area contributed by atoms with Gasteiger partial charge in [-0.15, -0.1) is 0 Å². The zero-order valence-corrected chi connectivity index (χ0v) is 24.8. The summed E-state index contributed by atoms with van der Waals surface area (Å²) in [5.41, 5.74) is 3.97. The van der Waals surface area contributed by atoms with Gasteiger partial charge in [-0.25, -0.2) is 4.79 Å². The van der Waals surface area contributed by atoms with Gasteiger partial charge in [-0.1, -0.05) is 66.7 Å². The summed E-state index contributed by atoms with van der Waals surface area (Å²) in [6, 6.07) is 23.8. The van der Waals surface area contributed by atoms with Crippen molar-refractivity contribution in [3.63, 3.8) is 0 Å². The van der Waals surface area contributed by atoms with Crippen LogP contribution in [-0.2, 0) is 25.6 Å². The fourth-order valence-electron chi connectivity index (χ4n) is 4.95. The minimum Gasteiger partial charge on any atom is -0.465 e. The highest BCUT2D eigenvalue weighted by molar-refractivity contribution is 5.91. The molecule has 10 nitrogen and oxygen atoms in total. The predicted molar refractivity (Wildman–Crippen MR) is 162 cm³/mol. The van der Waals surface area contributed by atoms with Crippen LogP contribution < -0.4 is 10.6 Å². The van der Waals surface area contributed by atoms with Crippen molar-refractivity contribution in [1.82, 2.24) is 10.2 Å². The molecule has 5 atom stereocenters. The molecule has 0 aromatic heterocycles. The van der Waals surface area contributed by atoms with Gasteiger partial charge in [0.25, 0.3) is 0 Å². The third kappa shape index (κ3) is 9.09. The van der Waals surface area contributed by atoms with E-state index in [1.54, 1.807) is 19.1 Å². The molecule has 0 aliphatic carbocycles. The normalized spacial score (nSPS) is 19.8. The van der Waals surface area contributed by atoms with Crippen LogP contribution in [0.5, 0.6) is 0 Å². The van der Waals surface area contributed by atoms with E-state index in [0.29, 0.717) is 18.7 Å². The fourth-order valence-corrected chi connectivity index (χ4v) is 4.95. The summed E-state index contributed by atoms with van der Waals surface area (Å²) >= 11 is 0. The highest BCUT2D eigenvalue weighted by atomic mass is 16.7. The molecule has 230 valence electrons. The Morgan fingerprint density at radius 2 is 1.67 bits per heavy atom. The monoisotopic (exact) mass is 591 g/mol. The van der Waals surface area contributed by atoms with Crippen molar-refractivity contribution in [2.24, 2.45) is 0 Å². The number of hydrogen-bond donors (Lipinski definition) is 4. The Labute approximate surface area is 252 Å². The molecule has 2 amide bonds. The summed E-state index contributed by atoms with van der Waals surface area (Å²) in [5, 5.41) is 25.6. The quantitative estimate of drug-likeness (QED) is 0.227. The summed E-state index contributed by atoms with van der Waals surface area (Å²) in [6.45, 7) is 4.25. The largest absolute Gasteiger partial charge is 0.465 e. The average Bonchev–Trinajstić information content (AvgIpc) is 3.04. The Morgan fingerprint density at radius 1 is 1.00 bits per heavy atom. The van der Waals surface area contributed by atoms with Gasteiger partial charge in [0, 0.05) is 30.3 Å². The molecule has 0 saturated carbocycles. The third-order valence-electron chi connectivity index (χ3n) is 7.54. The maximum Gasteiger partial charge on any atom is 0.325 e. The standard InChI is InChI=1S/C33H41N3O7/c1-4-41-30(38)19-34-33(40)35-27-16-14-26(15-17-27)32-42-28(18-29(43-32)24-12-10-23(21-37)11-13-24)20-36(3)22(2)31(39)25-8-6-5-7-9-25/h5-17,22,28-29,31-32,37,39H,4,18-21H2,1-3H3,(H2,34,35,40)/t22-,28-,29+,31-,32+/m0/s1. The topological polar surface area (TPSA) is 130 Å². The summed E-state index contributed by atoms with van der Waals surface area (Å²) in [5.74, 6) is -0.510. The van der Waals surface area contributed by atoms with E-state index >= 15 is 0 Å². The van der Waals surface area contributed by atoms with E-state index in [-0.39, 0.29) is 38.0 Å². The lowest BCUT2D eigenvalue weighted by molar-refractivity contribution is -0.253. The molecule has 4 N–H and O–H groups in total. The molecular formula is C33H41N3O7. The molecule has 0 unspecified atom stereocenters. The number of aliphatic hydroxyl groups excluding tert-OH is 2. The number of nitrogens with one attached hydrogen (secondary N) is 2. The maximum absolute atomic E-state index is 12.2. The first-order valence-electron chi connectivity index (χ1n) is 14.5. The number of esters is 1. The van der Waals surface area contributed by atoms with Crippen molar-refractivity contribution in [3.05, 3.63) is 101 Å². The van der Waals surface area contributed by atoms with Gasteiger partial charge in [0.1, 0.15) is 6.54 Å². The van der Waals surface area contributed by atoms with Crippen LogP contribution in [0, 0.1) is 0 Å². The van der Waals surface area contributed by atoms with Gasteiger partial charge < -0.3 is 35.1 Å². The molecule has 43 heavy (non-hydrogen) atoms. The molecule has 3 aromatic rings. The summed E-state index contributed by atoms with van der Waals surface area (Å²) in [6.07, 6.45) is -1.18. The Morgan fingerprint density at radius 3 is 2.33 bits per heavy atom. The number of carbonyl (C=O) groups is 2. The number of benzene rings is 3. The number of hydrogen-bond acceptors (Lipinski definition) is 8. The van der Waals surface area contributed by atoms with E-state index < -0.39 is 24.4 Å². The molecule has 1 aliphatic heterocycles. The zero-order valence-electron chi connectivity index (χ0n) is 24.8. The Hall–Kier alpha value is -3.80. The van der Waals surface area contributed by atoms with E-state index in [2.05, 4.69) is 15.5 Å². The van der Waals surface area contributed by atoms with Crippen molar-refractivity contribution in [3.8, 4) is 0 Å². The number of carbonyl (C=O) groups excluding carboxylic acids is 2. The van der Waals surface area contributed by atoms with E-state index in [9.17, 15) is 19.8 Å². The lowest BCUT2D eigenvalue weighted by atomic mass is 9.98. The highest BCUT2D eigenvalue weighted by Crippen LogP contribution is 2.38. The van der Waals surface area contributed by atoms with Gasteiger partial charge >= 0.3 is 12.0 Å². The average molecular weight is 592 g/mol. The number of aliphatic hydroxyl groups is 2. The first-order chi connectivity index (χ1) is 20.8. The summed E-state index contributed by atoms with van der Waals surface area (Å²) in [4.78, 5) is 25.8. The third-order valence-corrected chi connectivity index (χ3v) is 7.54. The number of rotatable bonds is 12. The number of amides is 2. The van der Waals surface area contributed by atoms with Gasteiger partial charge in [-0.3, -0.25) is 9.69 Å². The van der Waals surface area contributed by atoms with E-state index in [1.165, 1.54) is 0 Å². The molecule has 0 radical (unpaired) electrons. The van der Waals surface area contributed by atoms with E-state index in [4.69, 9.17) is 14.2 Å². The fraction of sp³-hybridized carbons (Fsp3) is 0.394. The van der Waals surface area contributed by atoms with Crippen molar-refractivity contribution in [2.75, 3.05) is 32.1 Å². The predicted octanol–water partition coefficient (Wildman–Crippen LogP) is 4.46. The van der Waals surface area contributed by atoms with Gasteiger partial charge in [0.05, 0.1) is 31.5 Å². The van der Waals surface area contributed by atoms with Crippen molar-refractivity contribution >= 4 is 17.7 Å². The molecule has 4 rings (SSSR count). The van der Waals surface area contributed by atoms with E-state index in [0.717, 1.165) is 22.3 Å². The van der Waals surface area contributed by atoms with Crippen LogP contribution in [0.3, 0.4) is 0 Å². The summed E-state index contributed by atoms with van der Waals surface area (Å²) in [7, 11) is 1.98. The van der Waals surface area contributed by atoms with Crippen molar-refractivity contribution in [1.29, 1.82) is 0 Å². The van der Waals surface area contributed by atoms with Gasteiger partial charge in [-0.2, -0.15) is 0 Å². The van der Waals surface area contributed by atoms with Gasteiger partial charge in [-0.05, 0) is 49.7 Å². The summed E-state index contributed by atoms with van der Waals surface area (Å²) < 4.78 is 17.7. The molecule has 1 saturated heterocycles. The van der Waals surface area contributed by atoms with Crippen LogP contribution in [0.15, 0.2) is 78.9 Å². The lowest BCUT2D eigenvalue weighted by Crippen LogP contribution is -2.43. The SMILES string of the molecule is CCOC(=O)CNC(=O)Nc1ccc([C@@H]2O[C@H](CN(C)[C@@H](C)[C@H](O)c3ccccc3)C[C@H](c3ccc(CO)cc3)O2)cc1. The van der Waals surface area contributed by atoms with Crippen molar-refractivity contribution in [2.45, 2.75) is 57.5 Å². The molecule has 1 heterocycles. The van der Waals surface area contributed by atoms with Crippen LogP contribution in [0.2, 0.25) is 0 Å². The number of urea groups is 1. The van der Waals surface area contributed by atoms with Crippen LogP contribution in [0.4, 0.5) is 10.5 Å². The highest BCUT2D eigenvalue weighted by Gasteiger charge is 2.34. The van der Waals surface area contributed by atoms with Crippen LogP contribution >= 0.6 is 0 Å². The van der Waals surface area contributed by atoms with Gasteiger partial charge in [0.2, 0.25) is 0 Å². The molecule has 0 spiro atoms. The van der Waals surface area contributed by atoms with Gasteiger partial charge in [0.15, 0.2) is 6.29 Å². The number of ether oxygens (including phenoxy) is 3. The lowest BCUT2D eigenvalue weighted by Gasteiger charge is -2.39. The second kappa shape index (κ2) is 15.6. The van der Waals surface area contributed by atoms with E-state index in [1.807, 2.05) is 80.7 Å². The molecule has 10 heteroatoms. The Kier molecular flexibility index (Phi) is 11.7. The minimum atomic E-state index is -0.671. The second-order valence-electron chi connectivity index (χ2n) is 10.6. The molecular weight excluding hydrogens is 550 g/mol. The second-order valence-corrected chi connectivity index (χ2v) is 10.6. The minimum absolute atomic E-state index is 0.0339. The molecule has 0 bridgehead atoms. The molecule has 3 aromatic carbocycles. The maximum atomic E-state index is 12.2. The van der Waals surface area contributed by atoms with Crippen LogP contribution in [0.1, 0.15) is 61.0 Å². The smallest absolute Gasteiger partial charge is 0.325 e. The van der Waals surface area contributed by atoms with Crippen LogP contribution in [0.25, 0.3) is 0 Å². The number of nitrogens with zero attached hydrogens (tertiary/aromatic N) is 1. The number of likely N-dealkylation sites (N-methyl/N-ethyl adjacent to an activating group) is 1. The van der Waals surface area contributed by atoms with Crippen molar-refractivity contribution < 1.29 is 34.0 Å². The van der Waals surface area contributed by atoms with Crippen LogP contribution in [-0.4, -0.2) is 66.0 Å². The Balaban J connectivity index is 1.45. The molecule has 1 fully saturated rings. The Bertz CT molecular complexity index is 1300. The first-order valence-corrected chi connectivity index (χ1v) is 14.5. The first kappa shape index (κ1) is 32.1. The zero-order chi connectivity index (χ0) is 30.8.